The van der Waals surface area contributed by atoms with E-state index in [1.165, 1.54) is 23.3 Å². The molecule has 1 N–H and O–H groups in total. The van der Waals surface area contributed by atoms with E-state index < -0.39 is 10.0 Å². The zero-order valence-corrected chi connectivity index (χ0v) is 21.3. The third-order valence-corrected chi connectivity index (χ3v) is 8.12. The van der Waals surface area contributed by atoms with Gasteiger partial charge in [0.05, 0.1) is 23.2 Å². The lowest BCUT2D eigenvalue weighted by molar-refractivity contribution is -0.120. The summed E-state index contributed by atoms with van der Waals surface area (Å²) in [4.78, 5) is 13.2. The molecule has 35 heavy (non-hydrogen) atoms. The van der Waals surface area contributed by atoms with Gasteiger partial charge in [-0.1, -0.05) is 35.9 Å². The van der Waals surface area contributed by atoms with Gasteiger partial charge >= 0.3 is 0 Å². The van der Waals surface area contributed by atoms with E-state index >= 15 is 0 Å². The number of hydrogen-bond donors (Lipinski definition) is 1. The molecule has 4 rings (SSSR count). The second-order valence-corrected chi connectivity index (χ2v) is 10.8. The number of ether oxygens (including phenoxy) is 1. The number of carbonyl (C=O) groups is 1. The number of benzene rings is 3. The summed E-state index contributed by atoms with van der Waals surface area (Å²) in [5.41, 5.74) is 5.17. The molecule has 1 amide bonds. The molecule has 0 saturated carbocycles. The van der Waals surface area contributed by atoms with Crippen molar-refractivity contribution >= 4 is 21.6 Å². The Hall–Kier alpha value is -3.32. The van der Waals surface area contributed by atoms with Crippen molar-refractivity contribution in [1.29, 1.82) is 0 Å². The highest BCUT2D eigenvalue weighted by molar-refractivity contribution is 7.92. The van der Waals surface area contributed by atoms with Gasteiger partial charge in [0, 0.05) is 0 Å². The average molecular weight is 493 g/mol. The first-order valence-corrected chi connectivity index (χ1v) is 13.5. The number of nitrogens with zero attached hydrogens (tertiary/aromatic N) is 1. The lowest BCUT2D eigenvalue weighted by Gasteiger charge is -2.25. The topological polar surface area (TPSA) is 75.7 Å². The summed E-state index contributed by atoms with van der Waals surface area (Å²) in [5.74, 6) is 0.224. The molecule has 6 nitrogen and oxygen atoms in total. The molecule has 1 atom stereocenters. The van der Waals surface area contributed by atoms with Crippen LogP contribution in [0.4, 0.5) is 5.69 Å². The van der Waals surface area contributed by atoms with Gasteiger partial charge in [0.15, 0.2) is 0 Å². The number of sulfonamides is 1. The van der Waals surface area contributed by atoms with Crippen molar-refractivity contribution in [3.8, 4) is 5.75 Å². The SMILES string of the molecule is CCOc1ccc(S(=O)(=O)N(CC(=O)N[C@H](C)c2ccc3c(c2)CCC3)c2ccc(C)cc2)cc1. The first-order valence-electron chi connectivity index (χ1n) is 12.0. The molecule has 1 aliphatic carbocycles. The Kier molecular flexibility index (Phi) is 7.45. The van der Waals surface area contributed by atoms with Crippen LogP contribution in [0.1, 0.15) is 48.6 Å². The smallest absolute Gasteiger partial charge is 0.264 e. The molecular formula is C28H32N2O4S. The van der Waals surface area contributed by atoms with Gasteiger partial charge in [0.1, 0.15) is 12.3 Å². The maximum absolute atomic E-state index is 13.6. The molecule has 1 aliphatic rings. The summed E-state index contributed by atoms with van der Waals surface area (Å²) < 4.78 is 33.8. The maximum atomic E-state index is 13.6. The Labute approximate surface area is 208 Å². The first kappa shape index (κ1) is 24.8. The van der Waals surface area contributed by atoms with Crippen LogP contribution in [0.5, 0.6) is 5.75 Å². The van der Waals surface area contributed by atoms with Crippen molar-refractivity contribution in [1.82, 2.24) is 5.32 Å². The normalized spacial score (nSPS) is 13.7. The number of anilines is 1. The van der Waals surface area contributed by atoms with Gasteiger partial charge in [-0.2, -0.15) is 0 Å². The number of rotatable bonds is 9. The van der Waals surface area contributed by atoms with Crippen molar-refractivity contribution in [2.75, 3.05) is 17.5 Å². The van der Waals surface area contributed by atoms with E-state index in [1.807, 2.05) is 39.0 Å². The predicted molar refractivity (Wildman–Crippen MR) is 138 cm³/mol. The molecular weight excluding hydrogens is 460 g/mol. The second-order valence-electron chi connectivity index (χ2n) is 8.92. The predicted octanol–water partition coefficient (Wildman–Crippen LogP) is 4.96. The highest BCUT2D eigenvalue weighted by Crippen LogP contribution is 2.27. The van der Waals surface area contributed by atoms with Gasteiger partial charge in [0.2, 0.25) is 5.91 Å². The van der Waals surface area contributed by atoms with Crippen molar-refractivity contribution in [2.24, 2.45) is 0 Å². The van der Waals surface area contributed by atoms with Gasteiger partial charge in [-0.25, -0.2) is 8.42 Å². The van der Waals surface area contributed by atoms with E-state index in [0.717, 1.165) is 34.7 Å². The number of aryl methyl sites for hydroxylation is 3. The summed E-state index contributed by atoms with van der Waals surface area (Å²) in [6, 6.07) is 19.5. The summed E-state index contributed by atoms with van der Waals surface area (Å²) in [7, 11) is -3.99. The summed E-state index contributed by atoms with van der Waals surface area (Å²) >= 11 is 0. The van der Waals surface area contributed by atoms with Crippen molar-refractivity contribution < 1.29 is 17.9 Å². The minimum absolute atomic E-state index is 0.0981. The van der Waals surface area contributed by atoms with Crippen molar-refractivity contribution in [3.05, 3.63) is 89.0 Å². The van der Waals surface area contributed by atoms with Crippen LogP contribution in [0, 0.1) is 6.92 Å². The molecule has 0 aromatic heterocycles. The Bertz CT molecular complexity index is 1290. The van der Waals surface area contributed by atoms with Gasteiger partial charge in [-0.15, -0.1) is 0 Å². The number of carbonyl (C=O) groups excluding carboxylic acids is 1. The fourth-order valence-corrected chi connectivity index (χ4v) is 5.81. The van der Waals surface area contributed by atoms with Gasteiger partial charge in [0.25, 0.3) is 10.0 Å². The van der Waals surface area contributed by atoms with E-state index in [-0.39, 0.29) is 23.4 Å². The monoisotopic (exact) mass is 492 g/mol. The Morgan fingerprint density at radius 3 is 2.37 bits per heavy atom. The molecule has 0 bridgehead atoms. The fourth-order valence-electron chi connectivity index (χ4n) is 4.39. The Morgan fingerprint density at radius 2 is 1.69 bits per heavy atom. The lowest BCUT2D eigenvalue weighted by atomic mass is 10.0. The van der Waals surface area contributed by atoms with Crippen LogP contribution in [0.25, 0.3) is 0 Å². The van der Waals surface area contributed by atoms with E-state index in [0.29, 0.717) is 18.0 Å². The number of nitrogens with one attached hydrogen (secondary N) is 1. The summed E-state index contributed by atoms with van der Waals surface area (Å²) in [6.07, 6.45) is 3.32. The highest BCUT2D eigenvalue weighted by Gasteiger charge is 2.28. The molecule has 0 aliphatic heterocycles. The quantitative estimate of drug-likeness (QED) is 0.458. The molecule has 0 fully saturated rings. The maximum Gasteiger partial charge on any atom is 0.264 e. The van der Waals surface area contributed by atoms with Crippen LogP contribution in [0.2, 0.25) is 0 Å². The number of fused-ring (bicyclic) bond motifs is 1. The molecule has 0 saturated heterocycles. The van der Waals surface area contributed by atoms with Gasteiger partial charge < -0.3 is 10.1 Å². The average Bonchev–Trinajstić information content (AvgIpc) is 3.32. The van der Waals surface area contributed by atoms with Crippen molar-refractivity contribution in [3.63, 3.8) is 0 Å². The Balaban J connectivity index is 1.56. The minimum Gasteiger partial charge on any atom is -0.494 e. The number of amides is 1. The van der Waals surface area contributed by atoms with E-state index in [1.54, 1.807) is 24.3 Å². The van der Waals surface area contributed by atoms with Gasteiger partial charge in [-0.3, -0.25) is 9.10 Å². The summed E-state index contributed by atoms with van der Waals surface area (Å²) in [6.45, 7) is 5.88. The Morgan fingerprint density at radius 1 is 1.00 bits per heavy atom. The summed E-state index contributed by atoms with van der Waals surface area (Å²) in [5, 5.41) is 2.98. The largest absolute Gasteiger partial charge is 0.494 e. The van der Waals surface area contributed by atoms with Crippen LogP contribution in [0.3, 0.4) is 0 Å². The fraction of sp³-hybridized carbons (Fsp3) is 0.321. The molecule has 3 aromatic rings. The first-order chi connectivity index (χ1) is 16.8. The van der Waals surface area contributed by atoms with Crippen LogP contribution in [-0.4, -0.2) is 27.5 Å². The highest BCUT2D eigenvalue weighted by atomic mass is 32.2. The standard InChI is InChI=1S/C28H32N2O4S/c1-4-34-26-14-16-27(17-15-26)35(32,33)30(25-12-8-20(2)9-13-25)19-28(31)29-21(3)23-11-10-22-6-5-7-24(22)18-23/h8-18,21H,4-7,19H2,1-3H3,(H,29,31)/t21-/m1/s1. The van der Waals surface area contributed by atoms with Crippen molar-refractivity contribution in [2.45, 2.75) is 51.0 Å². The van der Waals surface area contributed by atoms with Crippen LogP contribution < -0.4 is 14.4 Å². The second kappa shape index (κ2) is 10.5. The zero-order chi connectivity index (χ0) is 25.0. The van der Waals surface area contributed by atoms with E-state index in [2.05, 4.69) is 17.4 Å². The molecule has 0 spiro atoms. The lowest BCUT2D eigenvalue weighted by Crippen LogP contribution is -2.41. The third kappa shape index (κ3) is 5.68. The molecule has 7 heteroatoms. The van der Waals surface area contributed by atoms with Crippen LogP contribution >= 0.6 is 0 Å². The third-order valence-electron chi connectivity index (χ3n) is 6.33. The van der Waals surface area contributed by atoms with Crippen LogP contribution in [0.15, 0.2) is 71.6 Å². The van der Waals surface area contributed by atoms with E-state index in [4.69, 9.17) is 4.74 Å². The molecule has 184 valence electrons. The number of hydrogen-bond acceptors (Lipinski definition) is 4. The zero-order valence-electron chi connectivity index (χ0n) is 20.5. The van der Waals surface area contributed by atoms with Gasteiger partial charge in [-0.05, 0) is 93.1 Å². The molecule has 0 unspecified atom stereocenters. The van der Waals surface area contributed by atoms with Crippen LogP contribution in [-0.2, 0) is 27.7 Å². The van der Waals surface area contributed by atoms with E-state index in [9.17, 15) is 13.2 Å². The molecule has 3 aromatic carbocycles. The minimum atomic E-state index is -3.99. The molecule has 0 heterocycles. The molecule has 0 radical (unpaired) electrons.